The molecule has 84 valence electrons. The quantitative estimate of drug-likeness (QED) is 0.742. The summed E-state index contributed by atoms with van der Waals surface area (Å²) in [6, 6.07) is 1.18. The Kier molecular flexibility index (Phi) is 4.30. The van der Waals surface area contributed by atoms with E-state index in [0.717, 1.165) is 0 Å². The fraction of sp³-hybridized carbons (Fsp3) is 0.600. The van der Waals surface area contributed by atoms with Crippen LogP contribution in [-0.4, -0.2) is 22.3 Å². The van der Waals surface area contributed by atoms with Crippen LogP contribution in [0.5, 0.6) is 0 Å². The van der Waals surface area contributed by atoms with Gasteiger partial charge in [0.2, 0.25) is 0 Å². The van der Waals surface area contributed by atoms with Gasteiger partial charge in [-0.1, -0.05) is 19.0 Å². The number of carbonyl (C=O) groups is 1. The maximum Gasteiger partial charge on any atom is 0.320 e. The molecule has 2 N–H and O–H groups in total. The lowest BCUT2D eigenvalue weighted by molar-refractivity contribution is -0.140. The number of hydrogen-bond donors (Lipinski definition) is 2. The van der Waals surface area contributed by atoms with Gasteiger partial charge in [-0.25, -0.2) is 0 Å². The Morgan fingerprint density at radius 2 is 2.40 bits per heavy atom. The summed E-state index contributed by atoms with van der Waals surface area (Å²) in [5.41, 5.74) is 0. The third kappa shape index (κ3) is 4.12. The first-order valence-electron chi connectivity index (χ1n) is 4.95. The highest BCUT2D eigenvalue weighted by Crippen LogP contribution is 2.06. The molecule has 0 amide bonds. The second-order valence-corrected chi connectivity index (χ2v) is 3.88. The van der Waals surface area contributed by atoms with E-state index in [-0.39, 0.29) is 0 Å². The van der Waals surface area contributed by atoms with Crippen molar-refractivity contribution >= 4 is 5.97 Å². The molecule has 1 aromatic rings. The predicted molar refractivity (Wildman–Crippen MR) is 54.2 cm³/mol. The molecule has 0 aliphatic heterocycles. The maximum atomic E-state index is 10.9. The van der Waals surface area contributed by atoms with Crippen molar-refractivity contribution < 1.29 is 14.4 Å². The van der Waals surface area contributed by atoms with Crippen molar-refractivity contribution in [3.63, 3.8) is 0 Å². The number of aliphatic carboxylic acids is 1. The zero-order chi connectivity index (χ0) is 11.3. The molecule has 0 saturated carbocycles. The van der Waals surface area contributed by atoms with Gasteiger partial charge in [-0.05, 0) is 12.3 Å². The zero-order valence-electron chi connectivity index (χ0n) is 8.93. The normalized spacial score (nSPS) is 13.0. The molecule has 1 aromatic heterocycles. The molecule has 5 nitrogen and oxygen atoms in total. The van der Waals surface area contributed by atoms with E-state index < -0.39 is 12.0 Å². The van der Waals surface area contributed by atoms with Gasteiger partial charge in [-0.2, -0.15) is 0 Å². The van der Waals surface area contributed by atoms with Crippen LogP contribution in [0.1, 0.15) is 26.0 Å². The third-order valence-corrected chi connectivity index (χ3v) is 2.02. The summed E-state index contributed by atoms with van der Waals surface area (Å²) >= 11 is 0. The van der Waals surface area contributed by atoms with E-state index in [9.17, 15) is 4.79 Å². The van der Waals surface area contributed by atoms with Gasteiger partial charge >= 0.3 is 5.97 Å². The molecule has 0 bridgehead atoms. The van der Waals surface area contributed by atoms with E-state index in [4.69, 9.17) is 9.63 Å². The Labute approximate surface area is 88.5 Å². The number of hydrogen-bond acceptors (Lipinski definition) is 4. The standard InChI is InChI=1S/C10H16N2O3/c1-7(2)5-9(10(13)14)11-6-8-3-4-12-15-8/h3-4,7,9,11H,5-6H2,1-2H3,(H,13,14). The van der Waals surface area contributed by atoms with E-state index in [1.807, 2.05) is 13.8 Å². The summed E-state index contributed by atoms with van der Waals surface area (Å²) in [6.07, 6.45) is 2.14. The topological polar surface area (TPSA) is 75.4 Å². The number of carboxylic acid groups (broad SMARTS) is 1. The van der Waals surface area contributed by atoms with Gasteiger partial charge in [0, 0.05) is 6.07 Å². The lowest BCUT2D eigenvalue weighted by atomic mass is 10.0. The van der Waals surface area contributed by atoms with Crippen molar-refractivity contribution in [3.8, 4) is 0 Å². The van der Waals surface area contributed by atoms with Crippen LogP contribution in [0.4, 0.5) is 0 Å². The number of nitrogens with one attached hydrogen (secondary N) is 1. The molecule has 0 aromatic carbocycles. The van der Waals surface area contributed by atoms with Crippen molar-refractivity contribution in [1.82, 2.24) is 10.5 Å². The number of aromatic nitrogens is 1. The van der Waals surface area contributed by atoms with E-state index in [1.165, 1.54) is 6.20 Å². The zero-order valence-corrected chi connectivity index (χ0v) is 8.93. The van der Waals surface area contributed by atoms with Gasteiger partial charge in [0.05, 0.1) is 12.7 Å². The molecule has 1 atom stereocenters. The first-order chi connectivity index (χ1) is 7.09. The average Bonchev–Trinajstić information content (AvgIpc) is 2.63. The average molecular weight is 212 g/mol. The van der Waals surface area contributed by atoms with E-state index >= 15 is 0 Å². The van der Waals surface area contributed by atoms with Crippen LogP contribution in [0, 0.1) is 5.92 Å². The van der Waals surface area contributed by atoms with Crippen molar-refractivity contribution in [2.24, 2.45) is 5.92 Å². The molecule has 15 heavy (non-hydrogen) atoms. The molecule has 0 aliphatic rings. The Morgan fingerprint density at radius 1 is 1.67 bits per heavy atom. The smallest absolute Gasteiger partial charge is 0.320 e. The van der Waals surface area contributed by atoms with E-state index in [1.54, 1.807) is 6.07 Å². The molecule has 5 heteroatoms. The molecule has 0 spiro atoms. The SMILES string of the molecule is CC(C)CC(NCc1ccno1)C(=O)O. The van der Waals surface area contributed by atoms with Crippen LogP contribution in [0.15, 0.2) is 16.8 Å². The minimum atomic E-state index is -0.830. The Morgan fingerprint density at radius 3 is 2.87 bits per heavy atom. The monoisotopic (exact) mass is 212 g/mol. The van der Waals surface area contributed by atoms with Gasteiger partial charge in [-0.15, -0.1) is 0 Å². The highest BCUT2D eigenvalue weighted by atomic mass is 16.5. The Bertz CT molecular complexity index is 296. The molecular weight excluding hydrogens is 196 g/mol. The number of rotatable bonds is 6. The fourth-order valence-corrected chi connectivity index (χ4v) is 1.30. The maximum absolute atomic E-state index is 10.9. The summed E-state index contributed by atoms with van der Waals surface area (Å²) in [7, 11) is 0. The number of carboxylic acids is 1. The van der Waals surface area contributed by atoms with Crippen LogP contribution < -0.4 is 5.32 Å². The van der Waals surface area contributed by atoms with Gasteiger partial charge in [0.1, 0.15) is 11.8 Å². The van der Waals surface area contributed by atoms with Crippen LogP contribution in [0.3, 0.4) is 0 Å². The van der Waals surface area contributed by atoms with Crippen molar-refractivity contribution in [1.29, 1.82) is 0 Å². The predicted octanol–water partition coefficient (Wildman–Crippen LogP) is 1.26. The molecule has 0 fully saturated rings. The van der Waals surface area contributed by atoms with Gasteiger partial charge < -0.3 is 9.63 Å². The lowest BCUT2D eigenvalue weighted by Gasteiger charge is -2.15. The molecule has 1 heterocycles. The third-order valence-electron chi connectivity index (χ3n) is 2.02. The highest BCUT2D eigenvalue weighted by molar-refractivity contribution is 5.73. The molecule has 1 unspecified atom stereocenters. The first-order valence-corrected chi connectivity index (χ1v) is 4.95. The van der Waals surface area contributed by atoms with Crippen LogP contribution >= 0.6 is 0 Å². The van der Waals surface area contributed by atoms with E-state index in [0.29, 0.717) is 24.6 Å². The molecular formula is C10H16N2O3. The van der Waals surface area contributed by atoms with Crippen molar-refractivity contribution in [2.75, 3.05) is 0 Å². The van der Waals surface area contributed by atoms with Gasteiger partial charge in [-0.3, -0.25) is 10.1 Å². The Hall–Kier alpha value is -1.36. The summed E-state index contributed by atoms with van der Waals surface area (Å²) < 4.78 is 4.86. The molecule has 1 rings (SSSR count). The molecule has 0 saturated heterocycles. The largest absolute Gasteiger partial charge is 0.480 e. The molecule has 0 radical (unpaired) electrons. The van der Waals surface area contributed by atoms with Crippen molar-refractivity contribution in [3.05, 3.63) is 18.0 Å². The second kappa shape index (κ2) is 5.50. The summed E-state index contributed by atoms with van der Waals surface area (Å²) in [6.45, 7) is 4.38. The number of nitrogens with zero attached hydrogens (tertiary/aromatic N) is 1. The van der Waals surface area contributed by atoms with Crippen LogP contribution in [0.25, 0.3) is 0 Å². The first kappa shape index (κ1) is 11.7. The summed E-state index contributed by atoms with van der Waals surface area (Å²) in [5, 5.41) is 15.4. The van der Waals surface area contributed by atoms with Gasteiger partial charge in [0.25, 0.3) is 0 Å². The van der Waals surface area contributed by atoms with Gasteiger partial charge in [0.15, 0.2) is 0 Å². The minimum Gasteiger partial charge on any atom is -0.480 e. The second-order valence-electron chi connectivity index (χ2n) is 3.88. The van der Waals surface area contributed by atoms with Crippen molar-refractivity contribution in [2.45, 2.75) is 32.9 Å². The van der Waals surface area contributed by atoms with Crippen LogP contribution in [-0.2, 0) is 11.3 Å². The molecule has 0 aliphatic carbocycles. The van der Waals surface area contributed by atoms with Crippen LogP contribution in [0.2, 0.25) is 0 Å². The lowest BCUT2D eigenvalue weighted by Crippen LogP contribution is -2.37. The van der Waals surface area contributed by atoms with E-state index in [2.05, 4.69) is 10.5 Å². The highest BCUT2D eigenvalue weighted by Gasteiger charge is 2.18. The minimum absolute atomic E-state index is 0.341. The summed E-state index contributed by atoms with van der Waals surface area (Å²) in [4.78, 5) is 10.9. The summed E-state index contributed by atoms with van der Waals surface area (Å²) in [5.74, 6) is 0.154. The fourth-order valence-electron chi connectivity index (χ4n) is 1.30. The Balaban J connectivity index is 2.41.